The monoisotopic (exact) mass is 282 g/mol. The first-order chi connectivity index (χ1) is 10.1. The van der Waals surface area contributed by atoms with Crippen LogP contribution >= 0.6 is 0 Å². The van der Waals surface area contributed by atoms with Crippen LogP contribution in [0.3, 0.4) is 0 Å². The molecule has 0 aliphatic carbocycles. The number of nitrogens with one attached hydrogen (secondary N) is 1. The molecule has 0 aliphatic rings. The molecule has 0 radical (unpaired) electrons. The van der Waals surface area contributed by atoms with Crippen molar-refractivity contribution in [2.45, 2.75) is 6.04 Å². The van der Waals surface area contributed by atoms with Crippen LogP contribution in [0.5, 0.6) is 0 Å². The van der Waals surface area contributed by atoms with E-state index in [-0.39, 0.29) is 17.3 Å². The molecule has 6 heteroatoms. The maximum absolute atomic E-state index is 10.8. The van der Waals surface area contributed by atoms with Gasteiger partial charge in [0, 0.05) is 24.3 Å². The molecular formula is C15H14N4O2. The number of nitro benzene ring substituents is 1. The van der Waals surface area contributed by atoms with E-state index in [2.05, 4.69) is 5.32 Å². The fourth-order valence-corrected chi connectivity index (χ4v) is 1.94. The van der Waals surface area contributed by atoms with Crippen molar-refractivity contribution in [3.8, 4) is 6.07 Å². The van der Waals surface area contributed by atoms with Crippen molar-refractivity contribution in [2.24, 2.45) is 5.73 Å². The zero-order chi connectivity index (χ0) is 15.2. The lowest BCUT2D eigenvalue weighted by Crippen LogP contribution is -2.20. The van der Waals surface area contributed by atoms with E-state index >= 15 is 0 Å². The summed E-state index contributed by atoms with van der Waals surface area (Å²) in [6.45, 7) is 0.465. The van der Waals surface area contributed by atoms with E-state index in [1.54, 1.807) is 6.07 Å². The van der Waals surface area contributed by atoms with E-state index in [4.69, 9.17) is 11.0 Å². The van der Waals surface area contributed by atoms with Crippen molar-refractivity contribution < 1.29 is 4.92 Å². The van der Waals surface area contributed by atoms with E-state index in [1.165, 1.54) is 12.1 Å². The molecule has 0 aromatic heterocycles. The second kappa shape index (κ2) is 6.50. The third kappa shape index (κ3) is 3.55. The smallest absolute Gasteiger partial charge is 0.287 e. The molecule has 1 unspecified atom stereocenters. The van der Waals surface area contributed by atoms with Gasteiger partial charge in [-0.3, -0.25) is 10.1 Å². The number of nitro groups is 1. The van der Waals surface area contributed by atoms with Crippen LogP contribution < -0.4 is 11.1 Å². The van der Waals surface area contributed by atoms with Gasteiger partial charge in [0.1, 0.15) is 11.6 Å². The first-order valence-electron chi connectivity index (χ1n) is 6.34. The Balaban J connectivity index is 2.07. The highest BCUT2D eigenvalue weighted by Crippen LogP contribution is 2.22. The molecule has 2 aromatic rings. The fraction of sp³-hybridized carbons (Fsp3) is 0.133. The van der Waals surface area contributed by atoms with Crippen molar-refractivity contribution in [1.82, 2.24) is 0 Å². The average Bonchev–Trinajstić information content (AvgIpc) is 2.52. The van der Waals surface area contributed by atoms with E-state index in [0.717, 1.165) is 5.56 Å². The quantitative estimate of drug-likeness (QED) is 0.647. The molecule has 1 atom stereocenters. The number of hydrogen-bond acceptors (Lipinski definition) is 5. The number of nitrogens with zero attached hydrogens (tertiary/aromatic N) is 2. The van der Waals surface area contributed by atoms with Crippen LogP contribution in [0.15, 0.2) is 48.5 Å². The predicted molar refractivity (Wildman–Crippen MR) is 79.7 cm³/mol. The predicted octanol–water partition coefficient (Wildman–Crippen LogP) is 2.58. The molecule has 0 amide bonds. The second-order valence-electron chi connectivity index (χ2n) is 4.50. The molecule has 0 bridgehead atoms. The number of benzene rings is 2. The Kier molecular flexibility index (Phi) is 4.49. The number of anilines is 1. The molecule has 0 aliphatic heterocycles. The van der Waals surface area contributed by atoms with Gasteiger partial charge < -0.3 is 11.1 Å². The summed E-state index contributed by atoms with van der Waals surface area (Å²) >= 11 is 0. The molecule has 0 spiro atoms. The summed E-state index contributed by atoms with van der Waals surface area (Å²) in [7, 11) is 0. The minimum absolute atomic E-state index is 0.0262. The maximum Gasteiger partial charge on any atom is 0.287 e. The van der Waals surface area contributed by atoms with E-state index in [1.807, 2.05) is 36.4 Å². The summed E-state index contributed by atoms with van der Waals surface area (Å²) in [5.74, 6) is 0. The Hall–Kier alpha value is -2.91. The van der Waals surface area contributed by atoms with Gasteiger partial charge in [0.05, 0.1) is 4.92 Å². The van der Waals surface area contributed by atoms with Gasteiger partial charge >= 0.3 is 0 Å². The Bertz CT molecular complexity index is 680. The SMILES string of the molecule is N#Cc1cc(NCC(N)c2ccccc2)ccc1[N+](=O)[O-]. The number of hydrogen-bond donors (Lipinski definition) is 2. The molecule has 0 heterocycles. The van der Waals surface area contributed by atoms with E-state index in [0.29, 0.717) is 12.2 Å². The van der Waals surface area contributed by atoms with Crippen LogP contribution in [0.4, 0.5) is 11.4 Å². The Labute approximate surface area is 122 Å². The van der Waals surface area contributed by atoms with Crippen molar-refractivity contribution >= 4 is 11.4 Å². The van der Waals surface area contributed by atoms with E-state index < -0.39 is 4.92 Å². The summed E-state index contributed by atoms with van der Waals surface area (Å²) in [5, 5.41) is 22.8. The minimum Gasteiger partial charge on any atom is -0.383 e. The lowest BCUT2D eigenvalue weighted by molar-refractivity contribution is -0.385. The van der Waals surface area contributed by atoms with Crippen LogP contribution in [-0.4, -0.2) is 11.5 Å². The topological polar surface area (TPSA) is 105 Å². The molecule has 0 saturated carbocycles. The normalized spacial score (nSPS) is 11.4. The highest BCUT2D eigenvalue weighted by atomic mass is 16.6. The number of nitrogens with two attached hydrogens (primary N) is 1. The van der Waals surface area contributed by atoms with Crippen molar-refractivity contribution in [2.75, 3.05) is 11.9 Å². The molecule has 2 aromatic carbocycles. The zero-order valence-corrected chi connectivity index (χ0v) is 11.2. The first kappa shape index (κ1) is 14.5. The number of rotatable bonds is 5. The van der Waals surface area contributed by atoms with Gasteiger partial charge in [-0.2, -0.15) is 5.26 Å². The van der Waals surface area contributed by atoms with Crippen molar-refractivity contribution in [1.29, 1.82) is 5.26 Å². The largest absolute Gasteiger partial charge is 0.383 e. The molecule has 21 heavy (non-hydrogen) atoms. The Morgan fingerprint density at radius 1 is 1.29 bits per heavy atom. The molecule has 2 rings (SSSR count). The molecule has 106 valence electrons. The third-order valence-corrected chi connectivity index (χ3v) is 3.07. The Morgan fingerprint density at radius 2 is 2.00 bits per heavy atom. The zero-order valence-electron chi connectivity index (χ0n) is 11.2. The maximum atomic E-state index is 10.8. The highest BCUT2D eigenvalue weighted by Gasteiger charge is 2.14. The lowest BCUT2D eigenvalue weighted by Gasteiger charge is -2.14. The van der Waals surface area contributed by atoms with Gasteiger partial charge in [-0.15, -0.1) is 0 Å². The lowest BCUT2D eigenvalue weighted by atomic mass is 10.1. The van der Waals surface area contributed by atoms with Gasteiger partial charge in [0.25, 0.3) is 5.69 Å². The summed E-state index contributed by atoms with van der Waals surface area (Å²) in [6.07, 6.45) is 0. The van der Waals surface area contributed by atoms with Crippen LogP contribution in [0, 0.1) is 21.4 Å². The number of nitriles is 1. The molecule has 0 saturated heterocycles. The summed E-state index contributed by atoms with van der Waals surface area (Å²) < 4.78 is 0. The molecule has 3 N–H and O–H groups in total. The first-order valence-corrected chi connectivity index (χ1v) is 6.34. The van der Waals surface area contributed by atoms with Gasteiger partial charge in [-0.1, -0.05) is 30.3 Å². The van der Waals surface area contributed by atoms with Gasteiger partial charge in [0.2, 0.25) is 0 Å². The van der Waals surface area contributed by atoms with Crippen LogP contribution in [0.2, 0.25) is 0 Å². The average molecular weight is 282 g/mol. The molecule has 0 fully saturated rings. The second-order valence-corrected chi connectivity index (χ2v) is 4.50. The van der Waals surface area contributed by atoms with Crippen LogP contribution in [-0.2, 0) is 0 Å². The van der Waals surface area contributed by atoms with Crippen molar-refractivity contribution in [3.05, 3.63) is 69.8 Å². The molecular weight excluding hydrogens is 268 g/mol. The third-order valence-electron chi connectivity index (χ3n) is 3.07. The van der Waals surface area contributed by atoms with Gasteiger partial charge in [-0.25, -0.2) is 0 Å². The van der Waals surface area contributed by atoms with Crippen molar-refractivity contribution in [3.63, 3.8) is 0 Å². The summed E-state index contributed by atoms with van der Waals surface area (Å²) in [6, 6.07) is 15.6. The van der Waals surface area contributed by atoms with Crippen LogP contribution in [0.1, 0.15) is 17.2 Å². The minimum atomic E-state index is -0.571. The van der Waals surface area contributed by atoms with Gasteiger partial charge in [-0.05, 0) is 17.7 Å². The summed E-state index contributed by atoms with van der Waals surface area (Å²) in [5.41, 5.74) is 7.50. The fourth-order valence-electron chi connectivity index (χ4n) is 1.94. The Morgan fingerprint density at radius 3 is 2.62 bits per heavy atom. The van der Waals surface area contributed by atoms with Crippen LogP contribution in [0.25, 0.3) is 0 Å². The highest BCUT2D eigenvalue weighted by molar-refractivity contribution is 5.58. The standard InChI is InChI=1S/C15H14N4O2/c16-9-12-8-13(6-7-15(12)19(20)21)18-10-14(17)11-4-2-1-3-5-11/h1-8,14,18H,10,17H2. The summed E-state index contributed by atoms with van der Waals surface area (Å²) in [4.78, 5) is 10.2. The van der Waals surface area contributed by atoms with E-state index in [9.17, 15) is 10.1 Å². The van der Waals surface area contributed by atoms with Gasteiger partial charge in [0.15, 0.2) is 0 Å². The molecule has 6 nitrogen and oxygen atoms in total.